The van der Waals surface area contributed by atoms with Gasteiger partial charge in [0.15, 0.2) is 0 Å². The molecule has 3 aromatic carbocycles. The van der Waals surface area contributed by atoms with Gasteiger partial charge in [-0.2, -0.15) is 10.2 Å². The van der Waals surface area contributed by atoms with Gasteiger partial charge in [-0.05, 0) is 85.6 Å². The summed E-state index contributed by atoms with van der Waals surface area (Å²) in [6.07, 6.45) is 7.47. The third-order valence-corrected chi connectivity index (χ3v) is 5.57. The zero-order valence-electron chi connectivity index (χ0n) is 20.8. The predicted octanol–water partition coefficient (Wildman–Crippen LogP) is 8.38. The van der Waals surface area contributed by atoms with Crippen LogP contribution in [-0.2, 0) is 0 Å². The Labute approximate surface area is 208 Å². The highest BCUT2D eigenvalue weighted by Gasteiger charge is 2.11. The van der Waals surface area contributed by atoms with Crippen LogP contribution in [0.2, 0.25) is 0 Å². The van der Waals surface area contributed by atoms with Crippen LogP contribution >= 0.6 is 0 Å². The maximum atomic E-state index is 12.4. The molecule has 0 aliphatic rings. The molecule has 6 heteroatoms. The molecule has 3 aromatic rings. The number of esters is 1. The molecule has 0 radical (unpaired) electrons. The van der Waals surface area contributed by atoms with Crippen molar-refractivity contribution in [1.82, 2.24) is 0 Å². The average Bonchev–Trinajstić information content (AvgIpc) is 2.89. The lowest BCUT2D eigenvalue weighted by Gasteiger charge is -2.08. The molecular formula is C29H34N2O4. The van der Waals surface area contributed by atoms with E-state index < -0.39 is 5.97 Å². The molecule has 0 aromatic heterocycles. The highest BCUT2D eigenvalue weighted by atomic mass is 16.5. The van der Waals surface area contributed by atoms with E-state index in [1.54, 1.807) is 43.5 Å². The van der Waals surface area contributed by atoms with Crippen molar-refractivity contribution in [3.05, 3.63) is 77.9 Å². The molecule has 0 spiro atoms. The van der Waals surface area contributed by atoms with Crippen LogP contribution in [0.1, 0.15) is 61.4 Å². The van der Waals surface area contributed by atoms with E-state index in [1.165, 1.54) is 32.1 Å². The fourth-order valence-corrected chi connectivity index (χ4v) is 3.49. The predicted molar refractivity (Wildman–Crippen MR) is 139 cm³/mol. The largest absolute Gasteiger partial charge is 0.497 e. The van der Waals surface area contributed by atoms with Gasteiger partial charge in [0.2, 0.25) is 0 Å². The highest BCUT2D eigenvalue weighted by Crippen LogP contribution is 2.27. The summed E-state index contributed by atoms with van der Waals surface area (Å²) < 4.78 is 16.5. The minimum atomic E-state index is -0.427. The number of benzene rings is 3. The smallest absolute Gasteiger partial charge is 0.343 e. The Morgan fingerprint density at radius 1 is 0.771 bits per heavy atom. The minimum Gasteiger partial charge on any atom is -0.497 e. The van der Waals surface area contributed by atoms with Crippen LogP contribution in [0.25, 0.3) is 0 Å². The van der Waals surface area contributed by atoms with Gasteiger partial charge in [0.05, 0.1) is 30.7 Å². The van der Waals surface area contributed by atoms with Gasteiger partial charge in [-0.25, -0.2) is 4.79 Å². The van der Waals surface area contributed by atoms with Crippen LogP contribution in [0, 0.1) is 6.92 Å². The second kappa shape index (κ2) is 13.9. The van der Waals surface area contributed by atoms with Crippen molar-refractivity contribution < 1.29 is 19.0 Å². The van der Waals surface area contributed by atoms with Crippen LogP contribution in [0.3, 0.4) is 0 Å². The normalized spacial score (nSPS) is 10.9. The molecule has 6 nitrogen and oxygen atoms in total. The molecule has 0 saturated carbocycles. The molecule has 35 heavy (non-hydrogen) atoms. The summed E-state index contributed by atoms with van der Waals surface area (Å²) in [4.78, 5) is 12.4. The number of ether oxygens (including phenoxy) is 3. The molecule has 0 unspecified atom stereocenters. The molecule has 0 atom stereocenters. The van der Waals surface area contributed by atoms with E-state index in [-0.39, 0.29) is 0 Å². The molecule has 0 heterocycles. The van der Waals surface area contributed by atoms with E-state index in [4.69, 9.17) is 14.2 Å². The van der Waals surface area contributed by atoms with Crippen molar-refractivity contribution >= 4 is 17.3 Å². The number of aryl methyl sites for hydroxylation is 1. The zero-order valence-corrected chi connectivity index (χ0v) is 20.8. The monoisotopic (exact) mass is 474 g/mol. The second-order valence-corrected chi connectivity index (χ2v) is 8.38. The van der Waals surface area contributed by atoms with Gasteiger partial charge in [-0.3, -0.25) is 0 Å². The number of azo groups is 1. The van der Waals surface area contributed by atoms with Crippen molar-refractivity contribution in [2.24, 2.45) is 10.2 Å². The van der Waals surface area contributed by atoms with Crippen molar-refractivity contribution in [2.75, 3.05) is 13.7 Å². The number of carbonyl (C=O) groups is 1. The maximum absolute atomic E-state index is 12.4. The van der Waals surface area contributed by atoms with Crippen LogP contribution in [-0.4, -0.2) is 19.7 Å². The summed E-state index contributed by atoms with van der Waals surface area (Å²) in [5, 5.41) is 8.61. The Morgan fingerprint density at radius 2 is 1.40 bits per heavy atom. The first-order valence-electron chi connectivity index (χ1n) is 12.2. The van der Waals surface area contributed by atoms with E-state index in [0.29, 0.717) is 22.7 Å². The molecule has 0 aliphatic heterocycles. The summed E-state index contributed by atoms with van der Waals surface area (Å²) in [6, 6.07) is 19.7. The van der Waals surface area contributed by atoms with E-state index >= 15 is 0 Å². The number of rotatable bonds is 13. The lowest BCUT2D eigenvalue weighted by atomic mass is 10.1. The van der Waals surface area contributed by atoms with E-state index in [0.717, 1.165) is 30.0 Å². The second-order valence-electron chi connectivity index (χ2n) is 8.38. The number of unbranched alkanes of at least 4 members (excludes halogenated alkanes) is 5. The lowest BCUT2D eigenvalue weighted by Crippen LogP contribution is -2.09. The molecule has 184 valence electrons. The molecule has 0 bridgehead atoms. The Kier molecular flexibility index (Phi) is 10.3. The Bertz CT molecular complexity index is 1090. The third-order valence-electron chi connectivity index (χ3n) is 5.57. The van der Waals surface area contributed by atoms with Crippen molar-refractivity contribution in [3.8, 4) is 17.2 Å². The Balaban J connectivity index is 1.49. The number of hydrogen-bond acceptors (Lipinski definition) is 6. The van der Waals surface area contributed by atoms with E-state index in [9.17, 15) is 4.79 Å². The average molecular weight is 475 g/mol. The SMILES string of the molecule is CCCCCCCCOc1ccc(N=Nc2ccc(OC(=O)c3ccc(OC)cc3)c(C)c2)cc1. The maximum Gasteiger partial charge on any atom is 0.343 e. The molecular weight excluding hydrogens is 440 g/mol. The van der Waals surface area contributed by atoms with Gasteiger partial charge in [0.1, 0.15) is 17.2 Å². The first-order valence-corrected chi connectivity index (χ1v) is 12.2. The molecule has 0 amide bonds. The van der Waals surface area contributed by atoms with E-state index in [1.807, 2.05) is 37.3 Å². The number of hydrogen-bond donors (Lipinski definition) is 0. The number of methoxy groups -OCH3 is 1. The Morgan fingerprint density at radius 3 is 2.09 bits per heavy atom. The molecule has 0 fully saturated rings. The van der Waals surface area contributed by atoms with E-state index in [2.05, 4.69) is 17.2 Å². The number of carbonyl (C=O) groups excluding carboxylic acids is 1. The fraction of sp³-hybridized carbons (Fsp3) is 0.345. The van der Waals surface area contributed by atoms with Crippen LogP contribution in [0.15, 0.2) is 77.0 Å². The first kappa shape index (κ1) is 25.9. The molecule has 3 rings (SSSR count). The van der Waals surface area contributed by atoms with Gasteiger partial charge in [0, 0.05) is 0 Å². The van der Waals surface area contributed by atoms with Crippen molar-refractivity contribution in [1.29, 1.82) is 0 Å². The standard InChI is InChI=1S/C29H34N2O4/c1-4-5-6-7-8-9-20-34-27-17-12-24(13-18-27)30-31-25-14-19-28(22(2)21-25)35-29(32)23-10-15-26(33-3)16-11-23/h10-19,21H,4-9,20H2,1-3H3. The van der Waals surface area contributed by atoms with Gasteiger partial charge in [-0.1, -0.05) is 39.0 Å². The van der Waals surface area contributed by atoms with Gasteiger partial charge in [0.25, 0.3) is 0 Å². The summed E-state index contributed by atoms with van der Waals surface area (Å²) in [7, 11) is 1.58. The lowest BCUT2D eigenvalue weighted by molar-refractivity contribution is 0.0733. The van der Waals surface area contributed by atoms with Gasteiger partial charge < -0.3 is 14.2 Å². The summed E-state index contributed by atoms with van der Waals surface area (Å²) in [6.45, 7) is 4.83. The minimum absolute atomic E-state index is 0.427. The summed E-state index contributed by atoms with van der Waals surface area (Å²) in [5.74, 6) is 1.58. The number of nitrogens with zero attached hydrogens (tertiary/aromatic N) is 2. The fourth-order valence-electron chi connectivity index (χ4n) is 3.49. The Hall–Kier alpha value is -3.67. The summed E-state index contributed by atoms with van der Waals surface area (Å²) in [5.41, 5.74) is 2.66. The molecule has 0 aliphatic carbocycles. The molecule has 0 saturated heterocycles. The van der Waals surface area contributed by atoms with Gasteiger partial charge >= 0.3 is 5.97 Å². The zero-order chi connectivity index (χ0) is 24.9. The van der Waals surface area contributed by atoms with Crippen LogP contribution < -0.4 is 14.2 Å². The van der Waals surface area contributed by atoms with Crippen LogP contribution in [0.4, 0.5) is 11.4 Å². The quantitative estimate of drug-likeness (QED) is 0.108. The topological polar surface area (TPSA) is 69.5 Å². The molecule has 0 N–H and O–H groups in total. The van der Waals surface area contributed by atoms with Crippen LogP contribution in [0.5, 0.6) is 17.2 Å². The van der Waals surface area contributed by atoms with Crippen molar-refractivity contribution in [3.63, 3.8) is 0 Å². The summed E-state index contributed by atoms with van der Waals surface area (Å²) >= 11 is 0. The van der Waals surface area contributed by atoms with Crippen molar-refractivity contribution in [2.45, 2.75) is 52.4 Å². The highest BCUT2D eigenvalue weighted by molar-refractivity contribution is 5.91. The van der Waals surface area contributed by atoms with Gasteiger partial charge in [-0.15, -0.1) is 0 Å². The third kappa shape index (κ3) is 8.56. The first-order chi connectivity index (χ1) is 17.1.